The maximum atomic E-state index is 5.45. The third-order valence-electron chi connectivity index (χ3n) is 4.92. The topological polar surface area (TPSA) is 48.9 Å². The Kier molecular flexibility index (Phi) is 7.72. The minimum atomic E-state index is 0.0807. The number of nitrogens with zero attached hydrogens (tertiary/aromatic N) is 2. The Balaban J connectivity index is 1.74. The Labute approximate surface area is 152 Å². The number of aliphatic imine (C=N–C) groups is 1. The predicted molar refractivity (Wildman–Crippen MR) is 105 cm³/mol. The molecule has 1 aliphatic rings. The molecule has 140 valence electrons. The molecule has 0 saturated carbocycles. The van der Waals surface area contributed by atoms with Gasteiger partial charge in [-0.15, -0.1) is 0 Å². The second-order valence-electron chi connectivity index (χ2n) is 7.18. The summed E-state index contributed by atoms with van der Waals surface area (Å²) in [6.07, 6.45) is 2.09. The van der Waals surface area contributed by atoms with Gasteiger partial charge < -0.3 is 15.4 Å². The van der Waals surface area contributed by atoms with Gasteiger partial charge in [-0.05, 0) is 37.8 Å². The van der Waals surface area contributed by atoms with E-state index < -0.39 is 0 Å². The highest BCUT2D eigenvalue weighted by Crippen LogP contribution is 2.15. The largest absolute Gasteiger partial charge is 0.379 e. The maximum absolute atomic E-state index is 5.45. The fourth-order valence-corrected chi connectivity index (χ4v) is 3.07. The van der Waals surface area contributed by atoms with Crippen LogP contribution >= 0.6 is 0 Å². The minimum absolute atomic E-state index is 0.0807. The summed E-state index contributed by atoms with van der Waals surface area (Å²) in [5.41, 5.74) is 2.82. The summed E-state index contributed by atoms with van der Waals surface area (Å²) < 4.78 is 5.45. The maximum Gasteiger partial charge on any atom is 0.191 e. The molecule has 1 heterocycles. The molecule has 0 atom stereocenters. The number of aryl methyl sites for hydroxylation is 1. The number of ether oxygens (including phenoxy) is 1. The fraction of sp³-hybridized carbons (Fsp3) is 0.650. The van der Waals surface area contributed by atoms with E-state index in [1.165, 1.54) is 11.1 Å². The molecule has 0 aromatic heterocycles. The van der Waals surface area contributed by atoms with Gasteiger partial charge in [0.1, 0.15) is 0 Å². The number of rotatable bonds is 7. The molecule has 1 saturated heterocycles. The van der Waals surface area contributed by atoms with E-state index in [4.69, 9.17) is 4.74 Å². The molecule has 2 N–H and O–H groups in total. The summed E-state index contributed by atoms with van der Waals surface area (Å²) in [4.78, 5) is 6.82. The lowest BCUT2D eigenvalue weighted by Gasteiger charge is -2.41. The van der Waals surface area contributed by atoms with Crippen molar-refractivity contribution in [3.05, 3.63) is 35.4 Å². The first-order valence-corrected chi connectivity index (χ1v) is 9.40. The van der Waals surface area contributed by atoms with Gasteiger partial charge in [-0.3, -0.25) is 9.89 Å². The van der Waals surface area contributed by atoms with Crippen LogP contribution in [-0.2, 0) is 17.6 Å². The lowest BCUT2D eigenvalue weighted by Crippen LogP contribution is -2.56. The van der Waals surface area contributed by atoms with E-state index in [2.05, 4.69) is 65.6 Å². The van der Waals surface area contributed by atoms with Crippen LogP contribution in [-0.4, -0.2) is 62.8 Å². The van der Waals surface area contributed by atoms with E-state index in [9.17, 15) is 0 Å². The summed E-state index contributed by atoms with van der Waals surface area (Å²) in [6.45, 7) is 12.1. The molecule has 5 heteroatoms. The van der Waals surface area contributed by atoms with Crippen LogP contribution in [0.2, 0.25) is 0 Å². The van der Waals surface area contributed by atoms with Gasteiger partial charge >= 0.3 is 0 Å². The van der Waals surface area contributed by atoms with Crippen molar-refractivity contribution < 1.29 is 4.74 Å². The number of nitrogens with one attached hydrogen (secondary N) is 2. The summed E-state index contributed by atoms with van der Waals surface area (Å²) in [5.74, 6) is 0.867. The van der Waals surface area contributed by atoms with E-state index in [0.29, 0.717) is 0 Å². The van der Waals surface area contributed by atoms with Crippen LogP contribution < -0.4 is 10.6 Å². The van der Waals surface area contributed by atoms with Crippen LogP contribution in [0.4, 0.5) is 0 Å². The first kappa shape index (κ1) is 19.7. The van der Waals surface area contributed by atoms with Gasteiger partial charge in [0.25, 0.3) is 0 Å². The van der Waals surface area contributed by atoms with Crippen molar-refractivity contribution in [2.24, 2.45) is 4.99 Å². The number of hydrogen-bond acceptors (Lipinski definition) is 3. The van der Waals surface area contributed by atoms with E-state index in [1.54, 1.807) is 0 Å². The highest BCUT2D eigenvalue weighted by molar-refractivity contribution is 5.79. The van der Waals surface area contributed by atoms with Crippen LogP contribution in [0.3, 0.4) is 0 Å². The van der Waals surface area contributed by atoms with Crippen molar-refractivity contribution in [2.45, 2.75) is 39.2 Å². The van der Waals surface area contributed by atoms with Crippen LogP contribution in [0.15, 0.2) is 29.3 Å². The molecule has 2 rings (SSSR count). The summed E-state index contributed by atoms with van der Waals surface area (Å²) in [5, 5.41) is 6.89. The quantitative estimate of drug-likeness (QED) is 0.586. The van der Waals surface area contributed by atoms with E-state index in [0.717, 1.165) is 58.2 Å². The standard InChI is InChI=1S/C20H34N4O/c1-5-17-6-8-18(9-7-17)10-11-22-19(21-4)23-16-20(2,3)24-12-14-25-15-13-24/h6-9H,5,10-16H2,1-4H3,(H2,21,22,23). The predicted octanol–water partition coefficient (Wildman–Crippen LogP) is 2.07. The highest BCUT2D eigenvalue weighted by atomic mass is 16.5. The molecule has 0 radical (unpaired) electrons. The number of guanidine groups is 1. The first-order chi connectivity index (χ1) is 12.0. The second kappa shape index (κ2) is 9.78. The van der Waals surface area contributed by atoms with Gasteiger partial charge in [0.15, 0.2) is 5.96 Å². The Morgan fingerprint density at radius 2 is 1.76 bits per heavy atom. The Morgan fingerprint density at radius 1 is 1.12 bits per heavy atom. The molecule has 0 bridgehead atoms. The molecule has 1 aromatic rings. The normalized spacial score (nSPS) is 16.7. The monoisotopic (exact) mass is 346 g/mol. The Bertz CT molecular complexity index is 533. The second-order valence-corrected chi connectivity index (χ2v) is 7.18. The SMILES string of the molecule is CCc1ccc(CCNC(=NC)NCC(C)(C)N2CCOCC2)cc1. The molecule has 5 nitrogen and oxygen atoms in total. The Hall–Kier alpha value is -1.59. The van der Waals surface area contributed by atoms with Gasteiger partial charge in [-0.2, -0.15) is 0 Å². The fourth-order valence-electron chi connectivity index (χ4n) is 3.07. The smallest absolute Gasteiger partial charge is 0.191 e. The Morgan fingerprint density at radius 3 is 2.36 bits per heavy atom. The van der Waals surface area contributed by atoms with Crippen molar-refractivity contribution in [1.29, 1.82) is 0 Å². The molecular weight excluding hydrogens is 312 g/mol. The third kappa shape index (κ3) is 6.33. The van der Waals surface area contributed by atoms with Crippen LogP contribution in [0.25, 0.3) is 0 Å². The highest BCUT2D eigenvalue weighted by Gasteiger charge is 2.28. The van der Waals surface area contributed by atoms with Gasteiger partial charge in [0.2, 0.25) is 0 Å². The van der Waals surface area contributed by atoms with Crippen molar-refractivity contribution in [1.82, 2.24) is 15.5 Å². The molecule has 0 amide bonds. The summed E-state index contributed by atoms with van der Waals surface area (Å²) in [7, 11) is 1.83. The van der Waals surface area contributed by atoms with Crippen LogP contribution in [0.5, 0.6) is 0 Å². The van der Waals surface area contributed by atoms with Crippen molar-refractivity contribution >= 4 is 5.96 Å². The molecule has 0 aliphatic carbocycles. The van der Waals surface area contributed by atoms with Gasteiger partial charge in [0.05, 0.1) is 13.2 Å². The molecule has 1 fully saturated rings. The number of morpholine rings is 1. The van der Waals surface area contributed by atoms with Crippen molar-refractivity contribution in [2.75, 3.05) is 46.4 Å². The average molecular weight is 347 g/mol. The lowest BCUT2D eigenvalue weighted by atomic mass is 10.0. The zero-order valence-corrected chi connectivity index (χ0v) is 16.3. The molecule has 0 unspecified atom stereocenters. The molecule has 1 aliphatic heterocycles. The third-order valence-corrected chi connectivity index (χ3v) is 4.92. The van der Waals surface area contributed by atoms with E-state index in [-0.39, 0.29) is 5.54 Å². The van der Waals surface area contributed by atoms with Crippen molar-refractivity contribution in [3.63, 3.8) is 0 Å². The lowest BCUT2D eigenvalue weighted by molar-refractivity contribution is -0.00833. The zero-order chi connectivity index (χ0) is 18.1. The average Bonchev–Trinajstić information content (AvgIpc) is 2.65. The van der Waals surface area contributed by atoms with Crippen LogP contribution in [0, 0.1) is 0 Å². The van der Waals surface area contributed by atoms with E-state index >= 15 is 0 Å². The van der Waals surface area contributed by atoms with Crippen LogP contribution in [0.1, 0.15) is 31.9 Å². The molecule has 1 aromatic carbocycles. The number of benzene rings is 1. The summed E-state index contributed by atoms with van der Waals surface area (Å²) in [6, 6.07) is 8.87. The van der Waals surface area contributed by atoms with E-state index in [1.807, 2.05) is 7.05 Å². The van der Waals surface area contributed by atoms with Gasteiger partial charge in [0, 0.05) is 38.8 Å². The number of hydrogen-bond donors (Lipinski definition) is 2. The zero-order valence-electron chi connectivity index (χ0n) is 16.3. The van der Waals surface area contributed by atoms with Crippen molar-refractivity contribution in [3.8, 4) is 0 Å². The molecular formula is C20H34N4O. The molecule has 25 heavy (non-hydrogen) atoms. The molecule has 0 spiro atoms. The van der Waals surface area contributed by atoms with Gasteiger partial charge in [-0.25, -0.2) is 0 Å². The summed E-state index contributed by atoms with van der Waals surface area (Å²) >= 11 is 0. The first-order valence-electron chi connectivity index (χ1n) is 9.40. The minimum Gasteiger partial charge on any atom is -0.379 e. The van der Waals surface area contributed by atoms with Gasteiger partial charge in [-0.1, -0.05) is 31.2 Å².